The van der Waals surface area contributed by atoms with Crippen molar-refractivity contribution in [1.82, 2.24) is 5.32 Å². The van der Waals surface area contributed by atoms with Gasteiger partial charge in [0.2, 0.25) is 5.91 Å². The number of amides is 1. The standard InChI is InChI=1S/C12H14BrFN2O2.ClH/c13-10-2-1-8(5-11(10)14)16-12(17)6-9-7-18-4-3-15-9;/h1-2,5,9,15H,3-4,6-7H2,(H,16,17);1H. The molecule has 0 aromatic heterocycles. The Hall–Kier alpha value is -0.690. The maximum Gasteiger partial charge on any atom is 0.226 e. The molecule has 1 saturated heterocycles. The third kappa shape index (κ3) is 5.06. The Morgan fingerprint density at radius 1 is 1.58 bits per heavy atom. The second-order valence-electron chi connectivity index (χ2n) is 4.11. The maximum absolute atomic E-state index is 13.3. The van der Waals surface area contributed by atoms with Crippen molar-refractivity contribution < 1.29 is 13.9 Å². The van der Waals surface area contributed by atoms with E-state index in [9.17, 15) is 9.18 Å². The molecule has 106 valence electrons. The van der Waals surface area contributed by atoms with E-state index >= 15 is 0 Å². The van der Waals surface area contributed by atoms with Gasteiger partial charge in [0, 0.05) is 24.7 Å². The molecule has 0 spiro atoms. The molecule has 19 heavy (non-hydrogen) atoms. The summed E-state index contributed by atoms with van der Waals surface area (Å²) < 4.78 is 18.9. The Bertz CT molecular complexity index is 442. The summed E-state index contributed by atoms with van der Waals surface area (Å²) in [6.45, 7) is 1.96. The second-order valence-corrected chi connectivity index (χ2v) is 4.96. The van der Waals surface area contributed by atoms with Crippen LogP contribution in [0.5, 0.6) is 0 Å². The topological polar surface area (TPSA) is 50.4 Å². The molecule has 7 heteroatoms. The van der Waals surface area contributed by atoms with Crippen LogP contribution >= 0.6 is 28.3 Å². The van der Waals surface area contributed by atoms with Crippen LogP contribution in [0.1, 0.15) is 6.42 Å². The molecule has 1 heterocycles. The summed E-state index contributed by atoms with van der Waals surface area (Å²) in [7, 11) is 0. The van der Waals surface area contributed by atoms with Gasteiger partial charge in [-0.1, -0.05) is 0 Å². The van der Waals surface area contributed by atoms with Crippen molar-refractivity contribution in [2.45, 2.75) is 12.5 Å². The maximum atomic E-state index is 13.3. The zero-order chi connectivity index (χ0) is 13.0. The van der Waals surface area contributed by atoms with Crippen molar-refractivity contribution in [2.75, 3.05) is 25.1 Å². The van der Waals surface area contributed by atoms with E-state index in [0.29, 0.717) is 29.8 Å². The lowest BCUT2D eigenvalue weighted by Gasteiger charge is -2.23. The van der Waals surface area contributed by atoms with E-state index in [-0.39, 0.29) is 24.4 Å². The normalized spacial score (nSPS) is 18.5. The smallest absolute Gasteiger partial charge is 0.226 e. The molecule has 2 rings (SSSR count). The van der Waals surface area contributed by atoms with Gasteiger partial charge in [0.05, 0.1) is 17.7 Å². The van der Waals surface area contributed by atoms with E-state index in [0.717, 1.165) is 6.54 Å². The molecule has 1 aliphatic heterocycles. The lowest BCUT2D eigenvalue weighted by molar-refractivity contribution is -0.117. The van der Waals surface area contributed by atoms with E-state index < -0.39 is 5.82 Å². The van der Waals surface area contributed by atoms with Crippen molar-refractivity contribution in [3.8, 4) is 0 Å². The summed E-state index contributed by atoms with van der Waals surface area (Å²) in [5, 5.41) is 5.85. The van der Waals surface area contributed by atoms with Crippen molar-refractivity contribution >= 4 is 39.9 Å². The first kappa shape index (κ1) is 16.4. The number of anilines is 1. The van der Waals surface area contributed by atoms with E-state index in [1.165, 1.54) is 6.07 Å². The molecule has 1 unspecified atom stereocenters. The van der Waals surface area contributed by atoms with Gasteiger partial charge in [-0.25, -0.2) is 4.39 Å². The van der Waals surface area contributed by atoms with Crippen molar-refractivity contribution in [3.05, 3.63) is 28.5 Å². The van der Waals surface area contributed by atoms with Gasteiger partial charge < -0.3 is 15.4 Å². The number of hydrogen-bond donors (Lipinski definition) is 2. The zero-order valence-electron chi connectivity index (χ0n) is 10.1. The summed E-state index contributed by atoms with van der Waals surface area (Å²) in [6, 6.07) is 4.52. The predicted molar refractivity (Wildman–Crippen MR) is 77.2 cm³/mol. The molecule has 1 fully saturated rings. The molecule has 1 atom stereocenters. The van der Waals surface area contributed by atoms with Crippen LogP contribution in [-0.2, 0) is 9.53 Å². The summed E-state index contributed by atoms with van der Waals surface area (Å²) >= 11 is 3.06. The summed E-state index contributed by atoms with van der Waals surface area (Å²) in [6.07, 6.45) is 0.317. The Morgan fingerprint density at radius 2 is 2.37 bits per heavy atom. The fourth-order valence-corrected chi connectivity index (χ4v) is 2.01. The highest BCUT2D eigenvalue weighted by atomic mass is 79.9. The first-order valence-corrected chi connectivity index (χ1v) is 6.50. The van der Waals surface area contributed by atoms with Crippen LogP contribution in [0.15, 0.2) is 22.7 Å². The van der Waals surface area contributed by atoms with Crippen LogP contribution in [-0.4, -0.2) is 31.7 Å². The molecule has 1 aromatic rings. The fourth-order valence-electron chi connectivity index (χ4n) is 1.76. The molecule has 0 bridgehead atoms. The number of carbonyl (C=O) groups excluding carboxylic acids is 1. The van der Waals surface area contributed by atoms with Crippen molar-refractivity contribution in [3.63, 3.8) is 0 Å². The zero-order valence-corrected chi connectivity index (χ0v) is 12.5. The first-order valence-electron chi connectivity index (χ1n) is 5.71. The van der Waals surface area contributed by atoms with Gasteiger partial charge in [0.15, 0.2) is 0 Å². The number of benzene rings is 1. The van der Waals surface area contributed by atoms with Gasteiger partial charge in [0.25, 0.3) is 0 Å². The summed E-state index contributed by atoms with van der Waals surface area (Å²) in [4.78, 5) is 11.7. The predicted octanol–water partition coefficient (Wildman–Crippen LogP) is 2.33. The minimum Gasteiger partial charge on any atom is -0.378 e. The molecule has 1 aliphatic rings. The van der Waals surface area contributed by atoms with Crippen molar-refractivity contribution in [2.24, 2.45) is 0 Å². The van der Waals surface area contributed by atoms with E-state index in [4.69, 9.17) is 4.74 Å². The number of rotatable bonds is 3. The van der Waals surface area contributed by atoms with Gasteiger partial charge >= 0.3 is 0 Å². The van der Waals surface area contributed by atoms with Crippen LogP contribution in [0.25, 0.3) is 0 Å². The monoisotopic (exact) mass is 352 g/mol. The number of carbonyl (C=O) groups is 1. The van der Waals surface area contributed by atoms with E-state index in [2.05, 4.69) is 26.6 Å². The minimum atomic E-state index is -0.396. The molecule has 0 aliphatic carbocycles. The molecular weight excluding hydrogens is 338 g/mol. The number of hydrogen-bond acceptors (Lipinski definition) is 3. The van der Waals surface area contributed by atoms with Crippen LogP contribution in [0, 0.1) is 5.82 Å². The number of ether oxygens (including phenoxy) is 1. The molecular formula is C12H15BrClFN2O2. The van der Waals surface area contributed by atoms with Crippen LogP contribution in [0.3, 0.4) is 0 Å². The fraction of sp³-hybridized carbons (Fsp3) is 0.417. The summed E-state index contributed by atoms with van der Waals surface area (Å²) in [5.41, 5.74) is 0.456. The third-order valence-corrected chi connectivity index (χ3v) is 3.28. The number of halogens is 3. The highest BCUT2D eigenvalue weighted by Crippen LogP contribution is 2.19. The van der Waals surface area contributed by atoms with Gasteiger partial charge in [-0.3, -0.25) is 4.79 Å². The number of nitrogens with one attached hydrogen (secondary N) is 2. The highest BCUT2D eigenvalue weighted by molar-refractivity contribution is 9.10. The Kier molecular flexibility index (Phi) is 6.71. The first-order chi connectivity index (χ1) is 8.65. The number of morpholine rings is 1. The van der Waals surface area contributed by atoms with Crippen molar-refractivity contribution in [1.29, 1.82) is 0 Å². The molecule has 0 saturated carbocycles. The lowest BCUT2D eigenvalue weighted by Crippen LogP contribution is -2.43. The molecule has 4 nitrogen and oxygen atoms in total. The van der Waals surface area contributed by atoms with Crippen LogP contribution < -0.4 is 10.6 Å². The Balaban J connectivity index is 0.00000180. The Morgan fingerprint density at radius 3 is 3.00 bits per heavy atom. The van der Waals surface area contributed by atoms with Gasteiger partial charge in [0.1, 0.15) is 5.82 Å². The summed E-state index contributed by atoms with van der Waals surface area (Å²) in [5.74, 6) is -0.549. The quantitative estimate of drug-likeness (QED) is 0.877. The van der Waals surface area contributed by atoms with E-state index in [1.54, 1.807) is 12.1 Å². The molecule has 0 radical (unpaired) electrons. The van der Waals surface area contributed by atoms with Crippen LogP contribution in [0.4, 0.5) is 10.1 Å². The molecule has 1 amide bonds. The SMILES string of the molecule is Cl.O=C(CC1COCCN1)Nc1ccc(Br)c(F)c1. The van der Waals surface area contributed by atoms with Gasteiger partial charge in [-0.05, 0) is 34.1 Å². The largest absolute Gasteiger partial charge is 0.378 e. The van der Waals surface area contributed by atoms with Crippen LogP contribution in [0.2, 0.25) is 0 Å². The minimum absolute atomic E-state index is 0. The van der Waals surface area contributed by atoms with Gasteiger partial charge in [-0.2, -0.15) is 0 Å². The average Bonchev–Trinajstić information content (AvgIpc) is 2.35. The lowest BCUT2D eigenvalue weighted by atomic mass is 10.2. The highest BCUT2D eigenvalue weighted by Gasteiger charge is 2.17. The van der Waals surface area contributed by atoms with E-state index in [1.807, 2.05) is 0 Å². The van der Waals surface area contributed by atoms with Gasteiger partial charge in [-0.15, -0.1) is 12.4 Å². The second kappa shape index (κ2) is 7.79. The third-order valence-electron chi connectivity index (χ3n) is 2.63. The molecule has 2 N–H and O–H groups in total. The Labute approximate surface area is 125 Å². The average molecular weight is 354 g/mol. The molecule has 1 aromatic carbocycles.